The zero-order valence-electron chi connectivity index (χ0n) is 21.0. The zero-order valence-corrected chi connectivity index (χ0v) is 21.8. The van der Waals surface area contributed by atoms with Crippen LogP contribution in [0.1, 0.15) is 32.3 Å². The lowest BCUT2D eigenvalue weighted by atomic mass is 10.1. The summed E-state index contributed by atoms with van der Waals surface area (Å²) in [7, 11) is -0.710. The van der Waals surface area contributed by atoms with Gasteiger partial charge in [0.25, 0.3) is 0 Å². The highest BCUT2D eigenvalue weighted by atomic mass is 32.2. The van der Waals surface area contributed by atoms with Crippen molar-refractivity contribution in [3.05, 3.63) is 54.1 Å². The molecule has 0 aliphatic heterocycles. The van der Waals surface area contributed by atoms with Crippen LogP contribution in [-0.4, -0.2) is 64.7 Å². The maximum absolute atomic E-state index is 13.6. The van der Waals surface area contributed by atoms with E-state index in [0.29, 0.717) is 30.2 Å². The molecule has 0 aromatic heterocycles. The summed E-state index contributed by atoms with van der Waals surface area (Å²) >= 11 is 0. The molecule has 0 saturated carbocycles. The van der Waals surface area contributed by atoms with E-state index < -0.39 is 28.5 Å². The molecule has 0 aliphatic carbocycles. The van der Waals surface area contributed by atoms with Gasteiger partial charge in [-0.3, -0.25) is 13.9 Å². The van der Waals surface area contributed by atoms with Crippen LogP contribution in [0.15, 0.2) is 48.5 Å². The minimum absolute atomic E-state index is 0.140. The Kier molecular flexibility index (Phi) is 10.4. The van der Waals surface area contributed by atoms with Gasteiger partial charge in [-0.1, -0.05) is 26.0 Å². The van der Waals surface area contributed by atoms with Gasteiger partial charge in [-0.05, 0) is 54.8 Å². The summed E-state index contributed by atoms with van der Waals surface area (Å²) in [6, 6.07) is 12.8. The summed E-state index contributed by atoms with van der Waals surface area (Å²) in [6.45, 7) is 3.95. The standard InChI is InChI=1S/C25H35N3O6S/c1-6-16-26-25(30)23(7-2)27(17-19-8-12-21(33-3)13-9-19)24(29)18-28(35(5,31)32)20-10-14-22(34-4)15-11-20/h8-15,23H,6-7,16-18H2,1-5H3,(H,26,30). The summed E-state index contributed by atoms with van der Waals surface area (Å²) in [6.07, 6.45) is 2.18. The molecule has 35 heavy (non-hydrogen) atoms. The van der Waals surface area contributed by atoms with Crippen LogP contribution in [0.4, 0.5) is 5.69 Å². The van der Waals surface area contributed by atoms with Crippen molar-refractivity contribution in [3.8, 4) is 11.5 Å². The highest BCUT2D eigenvalue weighted by molar-refractivity contribution is 7.92. The molecule has 1 atom stereocenters. The monoisotopic (exact) mass is 505 g/mol. The van der Waals surface area contributed by atoms with Crippen molar-refractivity contribution >= 4 is 27.5 Å². The fourth-order valence-corrected chi connectivity index (χ4v) is 4.42. The summed E-state index contributed by atoms with van der Waals surface area (Å²) in [5.41, 5.74) is 1.12. The topological polar surface area (TPSA) is 105 Å². The molecule has 0 spiro atoms. The van der Waals surface area contributed by atoms with Crippen molar-refractivity contribution in [3.63, 3.8) is 0 Å². The van der Waals surface area contributed by atoms with Gasteiger partial charge < -0.3 is 19.7 Å². The van der Waals surface area contributed by atoms with Gasteiger partial charge in [0.05, 0.1) is 26.2 Å². The molecule has 1 N–H and O–H groups in total. The second-order valence-electron chi connectivity index (χ2n) is 8.05. The third-order valence-corrected chi connectivity index (χ3v) is 6.63. The third-order valence-electron chi connectivity index (χ3n) is 5.49. The number of carbonyl (C=O) groups excluding carboxylic acids is 2. The predicted octanol–water partition coefficient (Wildman–Crippen LogP) is 2.80. The number of rotatable bonds is 13. The van der Waals surface area contributed by atoms with Crippen molar-refractivity contribution in [1.82, 2.24) is 10.2 Å². The number of amides is 2. The Morgan fingerprint density at radius 3 is 1.94 bits per heavy atom. The average molecular weight is 506 g/mol. The van der Waals surface area contributed by atoms with Crippen LogP contribution in [0.3, 0.4) is 0 Å². The largest absolute Gasteiger partial charge is 0.497 e. The van der Waals surface area contributed by atoms with Gasteiger partial charge >= 0.3 is 0 Å². The van der Waals surface area contributed by atoms with Crippen LogP contribution in [0, 0.1) is 0 Å². The van der Waals surface area contributed by atoms with Crippen molar-refractivity contribution in [2.75, 3.05) is 37.9 Å². The first-order valence-electron chi connectivity index (χ1n) is 11.5. The van der Waals surface area contributed by atoms with E-state index in [-0.39, 0.29) is 12.5 Å². The molecule has 0 bridgehead atoms. The number of nitrogens with one attached hydrogen (secondary N) is 1. The number of anilines is 1. The quantitative estimate of drug-likeness (QED) is 0.449. The van der Waals surface area contributed by atoms with Gasteiger partial charge in [0, 0.05) is 13.1 Å². The summed E-state index contributed by atoms with van der Waals surface area (Å²) in [5.74, 6) is 0.475. The fraction of sp³-hybridized carbons (Fsp3) is 0.440. The second kappa shape index (κ2) is 13.0. The molecule has 0 aliphatic rings. The van der Waals surface area contributed by atoms with E-state index >= 15 is 0 Å². The molecular formula is C25H35N3O6S. The number of benzene rings is 2. The Morgan fingerprint density at radius 1 is 0.943 bits per heavy atom. The molecule has 0 fully saturated rings. The lowest BCUT2D eigenvalue weighted by Gasteiger charge is -2.33. The summed E-state index contributed by atoms with van der Waals surface area (Å²) in [4.78, 5) is 28.0. The van der Waals surface area contributed by atoms with Gasteiger partial charge in [-0.15, -0.1) is 0 Å². The molecule has 0 radical (unpaired) electrons. The number of ether oxygens (including phenoxy) is 2. The lowest BCUT2D eigenvalue weighted by Crippen LogP contribution is -2.52. The molecular weight excluding hydrogens is 470 g/mol. The van der Waals surface area contributed by atoms with Gasteiger partial charge in [0.1, 0.15) is 24.1 Å². The maximum atomic E-state index is 13.6. The van der Waals surface area contributed by atoms with Crippen molar-refractivity contribution in [2.24, 2.45) is 0 Å². The van der Waals surface area contributed by atoms with Crippen LogP contribution in [-0.2, 0) is 26.2 Å². The Labute approximate surface area is 208 Å². The first-order valence-corrected chi connectivity index (χ1v) is 13.3. The molecule has 10 heteroatoms. The zero-order chi connectivity index (χ0) is 26.0. The lowest BCUT2D eigenvalue weighted by molar-refractivity contribution is -0.140. The Balaban J connectivity index is 2.40. The third kappa shape index (κ3) is 7.88. The Hall–Kier alpha value is -3.27. The molecule has 2 aromatic rings. The van der Waals surface area contributed by atoms with Crippen molar-refractivity contribution < 1.29 is 27.5 Å². The number of carbonyl (C=O) groups is 2. The molecule has 1 unspecified atom stereocenters. The smallest absolute Gasteiger partial charge is 0.244 e. The molecule has 0 saturated heterocycles. The maximum Gasteiger partial charge on any atom is 0.244 e. The van der Waals surface area contributed by atoms with Gasteiger partial charge in [0.2, 0.25) is 21.8 Å². The minimum Gasteiger partial charge on any atom is -0.497 e. The van der Waals surface area contributed by atoms with Gasteiger partial charge in [-0.2, -0.15) is 0 Å². The SMILES string of the molecule is CCCNC(=O)C(CC)N(Cc1ccc(OC)cc1)C(=O)CN(c1ccc(OC)cc1)S(C)(=O)=O. The summed E-state index contributed by atoms with van der Waals surface area (Å²) in [5, 5.41) is 2.85. The highest BCUT2D eigenvalue weighted by Gasteiger charge is 2.31. The van der Waals surface area contributed by atoms with Crippen molar-refractivity contribution in [2.45, 2.75) is 39.3 Å². The van der Waals surface area contributed by atoms with Crippen LogP contribution < -0.4 is 19.1 Å². The van der Waals surface area contributed by atoms with Crippen LogP contribution in [0.5, 0.6) is 11.5 Å². The molecule has 192 valence electrons. The number of nitrogens with zero attached hydrogens (tertiary/aromatic N) is 2. The fourth-order valence-electron chi connectivity index (χ4n) is 3.58. The van der Waals surface area contributed by atoms with Gasteiger partial charge in [0.15, 0.2) is 0 Å². The first kappa shape index (κ1) is 28.0. The van der Waals surface area contributed by atoms with E-state index in [4.69, 9.17) is 9.47 Å². The number of hydrogen-bond donors (Lipinski definition) is 1. The van der Waals surface area contributed by atoms with Crippen LogP contribution >= 0.6 is 0 Å². The number of methoxy groups -OCH3 is 2. The summed E-state index contributed by atoms with van der Waals surface area (Å²) < 4.78 is 36.6. The van der Waals surface area contributed by atoms with E-state index in [2.05, 4.69) is 5.32 Å². The van der Waals surface area contributed by atoms with Crippen LogP contribution in [0.2, 0.25) is 0 Å². The van der Waals surface area contributed by atoms with E-state index in [1.807, 2.05) is 26.0 Å². The minimum atomic E-state index is -3.79. The number of sulfonamides is 1. The first-order chi connectivity index (χ1) is 16.6. The highest BCUT2D eigenvalue weighted by Crippen LogP contribution is 2.23. The molecule has 9 nitrogen and oxygen atoms in total. The molecule has 2 aromatic carbocycles. The van der Waals surface area contributed by atoms with Crippen molar-refractivity contribution in [1.29, 1.82) is 0 Å². The van der Waals surface area contributed by atoms with E-state index in [0.717, 1.165) is 22.5 Å². The van der Waals surface area contributed by atoms with E-state index in [1.165, 1.54) is 12.0 Å². The average Bonchev–Trinajstić information content (AvgIpc) is 2.85. The van der Waals surface area contributed by atoms with E-state index in [9.17, 15) is 18.0 Å². The van der Waals surface area contributed by atoms with Gasteiger partial charge in [-0.25, -0.2) is 8.42 Å². The molecule has 2 amide bonds. The number of hydrogen-bond acceptors (Lipinski definition) is 6. The second-order valence-corrected chi connectivity index (χ2v) is 9.96. The molecule has 0 heterocycles. The van der Waals surface area contributed by atoms with E-state index in [1.54, 1.807) is 43.5 Å². The molecule has 2 rings (SSSR count). The Bertz CT molecular complexity index is 1070. The predicted molar refractivity (Wildman–Crippen MR) is 136 cm³/mol. The Morgan fingerprint density at radius 2 is 1.49 bits per heavy atom. The van der Waals surface area contributed by atoms with Crippen LogP contribution in [0.25, 0.3) is 0 Å². The normalized spacial score (nSPS) is 11.9.